The van der Waals surface area contributed by atoms with Crippen LogP contribution in [-0.2, 0) is 9.84 Å². The highest BCUT2D eigenvalue weighted by atomic mass is 32.2. The van der Waals surface area contributed by atoms with Crippen LogP contribution in [0.25, 0.3) is 5.52 Å². The number of imidazole rings is 1. The van der Waals surface area contributed by atoms with E-state index in [9.17, 15) is 13.2 Å². The van der Waals surface area contributed by atoms with Gasteiger partial charge in [-0.3, -0.25) is 9.20 Å². The van der Waals surface area contributed by atoms with Gasteiger partial charge in [-0.2, -0.15) is 0 Å². The van der Waals surface area contributed by atoms with E-state index >= 15 is 0 Å². The van der Waals surface area contributed by atoms with Crippen LogP contribution in [0.4, 0.5) is 0 Å². The maximum absolute atomic E-state index is 13.0. The second kappa shape index (κ2) is 6.20. The molecule has 1 aliphatic rings. The summed E-state index contributed by atoms with van der Waals surface area (Å²) in [6, 6.07) is 5.41. The SMILES string of the molecule is C[C@@H]1CCCC[C@@H]1N(C)C(=O)c1nc(S(C)(=O)=O)n2ccccc12. The van der Waals surface area contributed by atoms with E-state index in [0.717, 1.165) is 25.5 Å². The maximum atomic E-state index is 13.0. The molecule has 3 rings (SSSR count). The number of carbonyl (C=O) groups is 1. The Bertz CT molecular complexity index is 872. The molecule has 130 valence electrons. The normalized spacial score (nSPS) is 21.8. The van der Waals surface area contributed by atoms with Gasteiger partial charge in [-0.15, -0.1) is 0 Å². The van der Waals surface area contributed by atoms with Gasteiger partial charge in [0.1, 0.15) is 0 Å². The molecule has 1 amide bonds. The van der Waals surface area contributed by atoms with Crippen LogP contribution in [0.15, 0.2) is 29.6 Å². The highest BCUT2D eigenvalue weighted by molar-refractivity contribution is 7.90. The largest absolute Gasteiger partial charge is 0.337 e. The van der Waals surface area contributed by atoms with Crippen molar-refractivity contribution >= 4 is 21.3 Å². The number of amides is 1. The molecule has 2 aromatic heterocycles. The topological polar surface area (TPSA) is 71.8 Å². The molecule has 2 heterocycles. The Labute approximate surface area is 142 Å². The molecule has 0 aliphatic heterocycles. The molecule has 2 aromatic rings. The molecule has 1 fully saturated rings. The van der Waals surface area contributed by atoms with Crippen molar-refractivity contribution in [2.24, 2.45) is 5.92 Å². The summed E-state index contributed by atoms with van der Waals surface area (Å²) in [5, 5.41) is -0.0912. The van der Waals surface area contributed by atoms with Crippen LogP contribution in [0, 0.1) is 5.92 Å². The number of hydrogen-bond donors (Lipinski definition) is 0. The number of hydrogen-bond acceptors (Lipinski definition) is 4. The average molecular weight is 349 g/mol. The first-order valence-electron chi connectivity index (χ1n) is 8.25. The molecular formula is C17H23N3O3S. The highest BCUT2D eigenvalue weighted by Gasteiger charge is 2.31. The minimum absolute atomic E-state index is 0.0912. The van der Waals surface area contributed by atoms with Gasteiger partial charge in [0.2, 0.25) is 15.0 Å². The van der Waals surface area contributed by atoms with Crippen LogP contribution in [0.2, 0.25) is 0 Å². The minimum atomic E-state index is -3.52. The summed E-state index contributed by atoms with van der Waals surface area (Å²) in [4.78, 5) is 18.9. The van der Waals surface area contributed by atoms with Gasteiger partial charge in [-0.25, -0.2) is 13.4 Å². The lowest BCUT2D eigenvalue weighted by atomic mass is 9.85. The van der Waals surface area contributed by atoms with Crippen LogP contribution in [0.1, 0.15) is 43.1 Å². The summed E-state index contributed by atoms with van der Waals surface area (Å²) in [5.74, 6) is 0.225. The number of aromatic nitrogens is 2. The predicted molar refractivity (Wildman–Crippen MR) is 91.8 cm³/mol. The second-order valence-corrected chi connectivity index (χ2v) is 8.63. The number of carbonyl (C=O) groups excluding carboxylic acids is 1. The Kier molecular flexibility index (Phi) is 4.38. The number of fused-ring (bicyclic) bond motifs is 1. The molecule has 24 heavy (non-hydrogen) atoms. The second-order valence-electron chi connectivity index (χ2n) is 6.72. The summed E-state index contributed by atoms with van der Waals surface area (Å²) >= 11 is 0. The fraction of sp³-hybridized carbons (Fsp3) is 0.529. The average Bonchev–Trinajstić information content (AvgIpc) is 2.94. The van der Waals surface area contributed by atoms with Crippen molar-refractivity contribution < 1.29 is 13.2 Å². The van der Waals surface area contributed by atoms with E-state index in [1.807, 2.05) is 0 Å². The highest BCUT2D eigenvalue weighted by Crippen LogP contribution is 2.29. The predicted octanol–water partition coefficient (Wildman–Crippen LogP) is 2.39. The lowest BCUT2D eigenvalue weighted by Crippen LogP contribution is -2.42. The van der Waals surface area contributed by atoms with Gasteiger partial charge in [0, 0.05) is 25.5 Å². The molecule has 0 radical (unpaired) electrons. The number of pyridine rings is 1. The van der Waals surface area contributed by atoms with Crippen LogP contribution >= 0.6 is 0 Å². The van der Waals surface area contributed by atoms with Gasteiger partial charge in [0.05, 0.1) is 5.52 Å². The van der Waals surface area contributed by atoms with Crippen molar-refractivity contribution in [3.63, 3.8) is 0 Å². The van der Waals surface area contributed by atoms with Crippen molar-refractivity contribution in [2.75, 3.05) is 13.3 Å². The van der Waals surface area contributed by atoms with Gasteiger partial charge in [0.15, 0.2) is 5.69 Å². The zero-order chi connectivity index (χ0) is 17.5. The zero-order valence-corrected chi connectivity index (χ0v) is 15.1. The van der Waals surface area contributed by atoms with E-state index in [0.29, 0.717) is 11.4 Å². The molecule has 0 aromatic carbocycles. The summed E-state index contributed by atoms with van der Waals surface area (Å²) in [6.07, 6.45) is 7.14. The maximum Gasteiger partial charge on any atom is 0.274 e. The van der Waals surface area contributed by atoms with Crippen LogP contribution in [-0.4, -0.2) is 48.0 Å². The lowest BCUT2D eigenvalue weighted by Gasteiger charge is -2.36. The standard InChI is InChI=1S/C17H23N3O3S/c1-12-8-4-5-9-13(12)19(2)16(21)15-14-10-6-7-11-20(14)17(18-15)24(3,22)23/h6-7,10-13H,4-5,8-9H2,1-3H3/t12-,13+/m1/s1. The summed E-state index contributed by atoms with van der Waals surface area (Å²) in [6.45, 7) is 2.17. The third-order valence-electron chi connectivity index (χ3n) is 4.93. The van der Waals surface area contributed by atoms with Gasteiger partial charge < -0.3 is 4.90 Å². The third-order valence-corrected chi connectivity index (χ3v) is 5.89. The van der Waals surface area contributed by atoms with Gasteiger partial charge in [0.25, 0.3) is 5.91 Å². The van der Waals surface area contributed by atoms with Crippen LogP contribution in [0.3, 0.4) is 0 Å². The van der Waals surface area contributed by atoms with Crippen LogP contribution < -0.4 is 0 Å². The van der Waals surface area contributed by atoms with E-state index in [1.165, 1.54) is 10.8 Å². The van der Waals surface area contributed by atoms with E-state index in [4.69, 9.17) is 0 Å². The summed E-state index contributed by atoms with van der Waals surface area (Å²) in [7, 11) is -1.73. The van der Waals surface area contributed by atoms with E-state index in [-0.39, 0.29) is 22.8 Å². The molecule has 6 nitrogen and oxygen atoms in total. The Morgan fingerprint density at radius 3 is 2.67 bits per heavy atom. The smallest absolute Gasteiger partial charge is 0.274 e. The molecule has 0 bridgehead atoms. The van der Waals surface area contributed by atoms with E-state index in [2.05, 4.69) is 11.9 Å². The number of rotatable bonds is 3. The van der Waals surface area contributed by atoms with E-state index in [1.54, 1.807) is 36.3 Å². The van der Waals surface area contributed by atoms with Crippen molar-refractivity contribution in [1.29, 1.82) is 0 Å². The molecule has 7 heteroatoms. The van der Waals surface area contributed by atoms with Crippen LogP contribution in [0.5, 0.6) is 0 Å². The first kappa shape index (κ1) is 17.0. The Hall–Kier alpha value is -1.89. The Morgan fingerprint density at radius 1 is 1.29 bits per heavy atom. The molecular weight excluding hydrogens is 326 g/mol. The third kappa shape index (κ3) is 2.92. The molecule has 1 saturated carbocycles. The van der Waals surface area contributed by atoms with Gasteiger partial charge in [-0.1, -0.05) is 25.8 Å². The molecule has 0 spiro atoms. The summed E-state index contributed by atoms with van der Waals surface area (Å²) in [5.41, 5.74) is 0.731. The fourth-order valence-electron chi connectivity index (χ4n) is 3.62. The summed E-state index contributed by atoms with van der Waals surface area (Å²) < 4.78 is 25.5. The Morgan fingerprint density at radius 2 is 2.00 bits per heavy atom. The molecule has 1 aliphatic carbocycles. The molecule has 2 atom stereocenters. The monoisotopic (exact) mass is 349 g/mol. The number of nitrogens with zero attached hydrogens (tertiary/aromatic N) is 3. The molecule has 0 N–H and O–H groups in total. The Balaban J connectivity index is 2.04. The van der Waals surface area contributed by atoms with E-state index < -0.39 is 9.84 Å². The quantitative estimate of drug-likeness (QED) is 0.853. The zero-order valence-electron chi connectivity index (χ0n) is 14.3. The fourth-order valence-corrected chi connectivity index (χ4v) is 4.39. The first-order valence-corrected chi connectivity index (χ1v) is 10.1. The minimum Gasteiger partial charge on any atom is -0.337 e. The lowest BCUT2D eigenvalue weighted by molar-refractivity contribution is 0.0625. The van der Waals surface area contributed by atoms with Crippen molar-refractivity contribution in [2.45, 2.75) is 43.8 Å². The molecule has 0 saturated heterocycles. The van der Waals surface area contributed by atoms with Gasteiger partial charge >= 0.3 is 0 Å². The van der Waals surface area contributed by atoms with Crippen molar-refractivity contribution in [1.82, 2.24) is 14.3 Å². The van der Waals surface area contributed by atoms with Gasteiger partial charge in [-0.05, 0) is 30.9 Å². The van der Waals surface area contributed by atoms with Crippen molar-refractivity contribution in [3.8, 4) is 0 Å². The van der Waals surface area contributed by atoms with Crippen molar-refractivity contribution in [3.05, 3.63) is 30.1 Å². The molecule has 0 unspecified atom stereocenters. The first-order chi connectivity index (χ1) is 11.3. The number of sulfone groups is 1.